The van der Waals surface area contributed by atoms with E-state index in [1.807, 2.05) is 57.5 Å². The van der Waals surface area contributed by atoms with Crippen molar-refractivity contribution in [2.24, 2.45) is 0 Å². The number of carbonyl (C=O) groups is 1. The van der Waals surface area contributed by atoms with Crippen LogP contribution in [0.2, 0.25) is 0 Å². The van der Waals surface area contributed by atoms with Gasteiger partial charge < -0.3 is 24.4 Å². The fourth-order valence-electron chi connectivity index (χ4n) is 4.78. The minimum Gasteiger partial charge on any atom is -0.496 e. The van der Waals surface area contributed by atoms with E-state index in [1.54, 1.807) is 19.5 Å². The molecule has 0 fully saturated rings. The minimum absolute atomic E-state index is 0.283. The van der Waals surface area contributed by atoms with Gasteiger partial charge in [0, 0.05) is 67.7 Å². The van der Waals surface area contributed by atoms with E-state index < -0.39 is 0 Å². The Morgan fingerprint density at radius 2 is 1.95 bits per heavy atom. The lowest BCUT2D eigenvalue weighted by atomic mass is 10.1. The van der Waals surface area contributed by atoms with Crippen molar-refractivity contribution in [2.45, 2.75) is 6.42 Å². The molecule has 0 saturated carbocycles. The van der Waals surface area contributed by atoms with Crippen LogP contribution in [-0.2, 0) is 11.2 Å². The van der Waals surface area contributed by atoms with E-state index in [9.17, 15) is 4.79 Å². The maximum absolute atomic E-state index is 12.3. The molecule has 41 heavy (non-hydrogen) atoms. The number of amides is 1. The topological polar surface area (TPSA) is 104 Å². The lowest BCUT2D eigenvalue weighted by Gasteiger charge is -2.25. The Balaban J connectivity index is 1.52. The highest BCUT2D eigenvalue weighted by Gasteiger charge is 2.18. The lowest BCUT2D eigenvalue weighted by Crippen LogP contribution is -2.29. The normalized spacial score (nSPS) is 11.1. The first-order valence-corrected chi connectivity index (χ1v) is 13.3. The number of benzene rings is 2. The van der Waals surface area contributed by atoms with E-state index in [0.29, 0.717) is 23.7 Å². The second kappa shape index (κ2) is 12.1. The van der Waals surface area contributed by atoms with Crippen molar-refractivity contribution >= 4 is 28.2 Å². The van der Waals surface area contributed by atoms with E-state index in [-0.39, 0.29) is 5.91 Å². The van der Waals surface area contributed by atoms with Gasteiger partial charge in [-0.15, -0.1) is 0 Å². The third-order valence-corrected chi connectivity index (χ3v) is 6.92. The third-order valence-electron chi connectivity index (χ3n) is 6.92. The van der Waals surface area contributed by atoms with Crippen LogP contribution in [0.15, 0.2) is 79.8 Å². The summed E-state index contributed by atoms with van der Waals surface area (Å²) in [4.78, 5) is 26.0. The molecule has 0 aliphatic carbocycles. The van der Waals surface area contributed by atoms with Gasteiger partial charge >= 0.3 is 0 Å². The zero-order valence-electron chi connectivity index (χ0n) is 23.8. The summed E-state index contributed by atoms with van der Waals surface area (Å²) in [5.74, 6) is 1.77. The largest absolute Gasteiger partial charge is 0.496 e. The van der Waals surface area contributed by atoms with Crippen LogP contribution in [0.5, 0.6) is 5.75 Å². The van der Waals surface area contributed by atoms with Gasteiger partial charge in [0.15, 0.2) is 0 Å². The first kappa shape index (κ1) is 27.6. The second-order valence-electron chi connectivity index (χ2n) is 10.0. The Bertz CT molecular complexity index is 1670. The van der Waals surface area contributed by atoms with Gasteiger partial charge in [0.25, 0.3) is 0 Å². The number of likely N-dealkylation sites (N-methyl/N-ethyl adjacent to an activating group) is 2. The van der Waals surface area contributed by atoms with Crippen LogP contribution in [0.1, 0.15) is 11.4 Å². The Labute approximate surface area is 239 Å². The molecule has 210 valence electrons. The number of aromatic amines is 1. The molecule has 3 heterocycles. The highest BCUT2D eigenvalue weighted by atomic mass is 16.5. The number of ether oxygens (including phenoxy) is 1. The van der Waals surface area contributed by atoms with E-state index >= 15 is 0 Å². The van der Waals surface area contributed by atoms with Crippen molar-refractivity contribution < 1.29 is 9.53 Å². The van der Waals surface area contributed by atoms with Crippen molar-refractivity contribution in [2.75, 3.05) is 51.6 Å². The van der Waals surface area contributed by atoms with Gasteiger partial charge in [0.05, 0.1) is 29.7 Å². The Hall–Kier alpha value is -4.96. The number of hydrogen-bond acceptors (Lipinski definition) is 7. The predicted octanol–water partition coefficient (Wildman–Crippen LogP) is 4.53. The monoisotopic (exact) mass is 550 g/mol. The molecule has 0 aliphatic rings. The summed E-state index contributed by atoms with van der Waals surface area (Å²) < 4.78 is 7.86. The molecule has 0 atom stereocenters. The van der Waals surface area contributed by atoms with Crippen molar-refractivity contribution in [3.8, 4) is 22.8 Å². The molecule has 5 rings (SSSR count). The fourth-order valence-corrected chi connectivity index (χ4v) is 4.78. The van der Waals surface area contributed by atoms with Crippen LogP contribution in [0.3, 0.4) is 0 Å². The summed E-state index contributed by atoms with van der Waals surface area (Å²) in [7, 11) is 7.69. The molecule has 0 aliphatic heterocycles. The van der Waals surface area contributed by atoms with Crippen LogP contribution in [0.4, 0.5) is 11.4 Å². The fraction of sp³-hybridized carbons (Fsp3) is 0.226. The number of H-pyrrole nitrogens is 1. The first-order chi connectivity index (χ1) is 19.9. The third kappa shape index (κ3) is 5.97. The molecule has 1 amide bonds. The zero-order valence-corrected chi connectivity index (χ0v) is 23.8. The zero-order chi connectivity index (χ0) is 28.9. The number of nitrogens with one attached hydrogen (secondary N) is 2. The summed E-state index contributed by atoms with van der Waals surface area (Å²) >= 11 is 0. The molecule has 0 bridgehead atoms. The minimum atomic E-state index is -0.283. The summed E-state index contributed by atoms with van der Waals surface area (Å²) in [5.41, 5.74) is 5.37. The molecule has 0 spiro atoms. The molecular formula is C31H34N8O2. The van der Waals surface area contributed by atoms with Crippen LogP contribution in [-0.4, -0.2) is 76.9 Å². The molecule has 2 aromatic carbocycles. The number of methoxy groups -OCH3 is 1. The molecule has 2 N–H and O–H groups in total. The summed E-state index contributed by atoms with van der Waals surface area (Å²) in [6.45, 7) is 5.23. The van der Waals surface area contributed by atoms with Gasteiger partial charge in [-0.25, -0.2) is 9.97 Å². The summed E-state index contributed by atoms with van der Waals surface area (Å²) in [6.07, 6.45) is 7.24. The highest BCUT2D eigenvalue weighted by Crippen LogP contribution is 2.35. The van der Waals surface area contributed by atoms with Crippen LogP contribution in [0.25, 0.3) is 28.0 Å². The Morgan fingerprint density at radius 1 is 1.12 bits per heavy atom. The summed E-state index contributed by atoms with van der Waals surface area (Å²) in [6, 6.07) is 15.9. The maximum atomic E-state index is 12.3. The molecule has 3 aromatic heterocycles. The van der Waals surface area contributed by atoms with Crippen LogP contribution >= 0.6 is 0 Å². The number of rotatable bonds is 11. The van der Waals surface area contributed by atoms with Gasteiger partial charge in [-0.3, -0.25) is 9.89 Å². The Morgan fingerprint density at radius 3 is 2.68 bits per heavy atom. The number of nitrogens with zero attached hydrogens (tertiary/aromatic N) is 6. The number of aromatic nitrogens is 5. The smallest absolute Gasteiger partial charge is 0.247 e. The molecule has 10 nitrogen and oxygen atoms in total. The van der Waals surface area contributed by atoms with Gasteiger partial charge in [-0.1, -0.05) is 24.8 Å². The number of carbonyl (C=O) groups excluding carboxylic acids is 1. The number of hydrogen-bond donors (Lipinski definition) is 2. The number of anilines is 2. The van der Waals surface area contributed by atoms with E-state index in [2.05, 4.69) is 59.8 Å². The molecule has 0 saturated heterocycles. The second-order valence-corrected chi connectivity index (χ2v) is 10.0. The van der Waals surface area contributed by atoms with E-state index in [4.69, 9.17) is 9.72 Å². The highest BCUT2D eigenvalue weighted by molar-refractivity contribution is 6.01. The van der Waals surface area contributed by atoms with Crippen molar-refractivity contribution in [3.63, 3.8) is 0 Å². The molecule has 0 unspecified atom stereocenters. The van der Waals surface area contributed by atoms with E-state index in [1.165, 1.54) is 6.08 Å². The van der Waals surface area contributed by atoms with Gasteiger partial charge in [-0.2, -0.15) is 5.10 Å². The average molecular weight is 551 g/mol. The number of para-hydroxylation sites is 1. The average Bonchev–Trinajstić information content (AvgIpc) is 3.64. The van der Waals surface area contributed by atoms with Gasteiger partial charge in [0.1, 0.15) is 17.4 Å². The Kier molecular flexibility index (Phi) is 8.11. The predicted molar refractivity (Wildman–Crippen MR) is 163 cm³/mol. The van der Waals surface area contributed by atoms with Crippen molar-refractivity contribution in [1.29, 1.82) is 0 Å². The van der Waals surface area contributed by atoms with Gasteiger partial charge in [-0.05, 0) is 44.4 Å². The van der Waals surface area contributed by atoms with Gasteiger partial charge in [0.2, 0.25) is 5.91 Å². The number of fused-ring (bicyclic) bond motifs is 1. The first-order valence-electron chi connectivity index (χ1n) is 13.3. The molecule has 0 radical (unpaired) electrons. The molecular weight excluding hydrogens is 516 g/mol. The van der Waals surface area contributed by atoms with Crippen LogP contribution < -0.4 is 15.0 Å². The standard InChI is InChI=1S/C31H34N8O2/c1-6-31(40)34-25-17-21(28(41-5)19-27(25)38(4)16-15-37(2)3)18-29-32-13-12-30(35-29)39-20-23(24-11-14-33-36-24)22-9-7-8-10-26(22)39/h6-14,17,19-20H,1,15-16,18H2,2-5H3,(H,33,36)(H,34,40). The SMILES string of the molecule is C=CC(=O)Nc1cc(Cc2nccc(-n3cc(-c4ccn[nH]4)c4ccccc43)n2)c(OC)cc1N(C)CCN(C)C. The quantitative estimate of drug-likeness (QED) is 0.233. The molecule has 10 heteroatoms. The van der Waals surface area contributed by atoms with Crippen molar-refractivity contribution in [3.05, 3.63) is 91.2 Å². The van der Waals surface area contributed by atoms with Crippen molar-refractivity contribution in [1.82, 2.24) is 29.6 Å². The summed E-state index contributed by atoms with van der Waals surface area (Å²) in [5, 5.41) is 11.2. The van der Waals surface area contributed by atoms with E-state index in [0.717, 1.165) is 52.3 Å². The maximum Gasteiger partial charge on any atom is 0.247 e. The molecule has 5 aromatic rings. The lowest BCUT2D eigenvalue weighted by molar-refractivity contribution is -0.111. The van der Waals surface area contributed by atoms with Crippen LogP contribution in [0, 0.1) is 0 Å².